The summed E-state index contributed by atoms with van der Waals surface area (Å²) in [6.45, 7) is 0. The van der Waals surface area contributed by atoms with Crippen molar-refractivity contribution in [3.05, 3.63) is 218 Å². The van der Waals surface area contributed by atoms with Crippen molar-refractivity contribution in [2.45, 2.75) is 0 Å². The first kappa shape index (κ1) is 35.5. The van der Waals surface area contributed by atoms with Crippen LogP contribution in [0.2, 0.25) is 0 Å². The van der Waals surface area contributed by atoms with E-state index < -0.39 is 0 Å². The van der Waals surface area contributed by atoms with Crippen molar-refractivity contribution in [2.75, 3.05) is 0 Å². The van der Waals surface area contributed by atoms with Crippen LogP contribution in [0.15, 0.2) is 223 Å². The quantitative estimate of drug-likeness (QED) is 0.161. The average Bonchev–Trinajstić information content (AvgIpc) is 3.89. The summed E-state index contributed by atoms with van der Waals surface area (Å²) in [5.74, 6) is 1.78. The topological polar surface area (TPSA) is 56.7 Å². The van der Waals surface area contributed by atoms with Crippen LogP contribution in [0.1, 0.15) is 0 Å². The van der Waals surface area contributed by atoms with Gasteiger partial charge in [-0.05, 0) is 100 Å². The summed E-state index contributed by atoms with van der Waals surface area (Å²) in [6.07, 6.45) is 0. The number of benzene rings is 9. The lowest BCUT2D eigenvalue weighted by molar-refractivity contribution is 0.669. The average molecular weight is 793 g/mol. The lowest BCUT2D eigenvalue weighted by Crippen LogP contribution is -2.00. The molecule has 0 atom stereocenters. The van der Waals surface area contributed by atoms with Crippen molar-refractivity contribution in [3.63, 3.8) is 0 Å². The van der Waals surface area contributed by atoms with Gasteiger partial charge in [-0.25, -0.2) is 15.0 Å². The summed E-state index contributed by atoms with van der Waals surface area (Å²) < 4.78 is 8.92. The van der Waals surface area contributed by atoms with Crippen molar-refractivity contribution in [1.82, 2.24) is 19.5 Å². The standard InChI is InChI=1S/C57H36N4O/c1-4-14-37(15-5-1)39-18-12-20-43(32-39)55-58-56(44-21-13-19-40(33-44)38-16-6-2-7-17-38)60-57(59-55)45-26-29-48-50-35-42(28-31-53(50)62-54(48)36-45)41-27-30-52-49(34-41)47-24-10-11-25-51(47)61(52)46-22-8-3-9-23-46/h1-36H. The molecule has 12 aromatic rings. The molecule has 0 spiro atoms. The maximum Gasteiger partial charge on any atom is 0.164 e. The molecule has 0 amide bonds. The van der Waals surface area contributed by atoms with Gasteiger partial charge in [0, 0.05) is 43.9 Å². The molecule has 12 rings (SSSR count). The minimum atomic E-state index is 0.575. The molecule has 0 saturated heterocycles. The Balaban J connectivity index is 0.959. The van der Waals surface area contributed by atoms with E-state index in [-0.39, 0.29) is 0 Å². The molecule has 62 heavy (non-hydrogen) atoms. The number of fused-ring (bicyclic) bond motifs is 6. The summed E-state index contributed by atoms with van der Waals surface area (Å²) >= 11 is 0. The Kier molecular flexibility index (Phi) is 8.42. The van der Waals surface area contributed by atoms with Crippen molar-refractivity contribution in [1.29, 1.82) is 0 Å². The molecule has 9 aromatic carbocycles. The Bertz CT molecular complexity index is 3530. The second-order valence-electron chi connectivity index (χ2n) is 15.6. The number of nitrogens with zero attached hydrogens (tertiary/aromatic N) is 4. The van der Waals surface area contributed by atoms with E-state index in [1.165, 1.54) is 21.8 Å². The van der Waals surface area contributed by atoms with Crippen LogP contribution in [0, 0.1) is 0 Å². The van der Waals surface area contributed by atoms with Gasteiger partial charge in [-0.3, -0.25) is 0 Å². The zero-order chi connectivity index (χ0) is 41.0. The van der Waals surface area contributed by atoms with E-state index in [1.807, 2.05) is 12.1 Å². The van der Waals surface area contributed by atoms with Crippen LogP contribution >= 0.6 is 0 Å². The molecule has 0 saturated carbocycles. The summed E-state index contributed by atoms with van der Waals surface area (Å²) in [7, 11) is 0. The van der Waals surface area contributed by atoms with E-state index in [4.69, 9.17) is 19.4 Å². The molecule has 0 N–H and O–H groups in total. The SMILES string of the molecule is c1ccc(-c2cccc(-c3nc(-c4cccc(-c5ccccc5)c4)nc(-c4ccc5c(c4)oc4ccc(-c6ccc7c(c6)c6ccccc6n7-c6ccccc6)cc45)n3)c2)cc1. The van der Waals surface area contributed by atoms with Crippen LogP contribution in [0.3, 0.4) is 0 Å². The van der Waals surface area contributed by atoms with Crippen LogP contribution in [-0.2, 0) is 0 Å². The van der Waals surface area contributed by atoms with Crippen LogP contribution in [-0.4, -0.2) is 19.5 Å². The fourth-order valence-electron chi connectivity index (χ4n) is 8.80. The fraction of sp³-hybridized carbons (Fsp3) is 0. The second kappa shape index (κ2) is 14.7. The molecule has 0 unspecified atom stereocenters. The first-order valence-corrected chi connectivity index (χ1v) is 20.8. The largest absolute Gasteiger partial charge is 0.456 e. The van der Waals surface area contributed by atoms with Gasteiger partial charge in [0.15, 0.2) is 17.5 Å². The summed E-state index contributed by atoms with van der Waals surface area (Å²) in [4.78, 5) is 15.4. The molecule has 0 fully saturated rings. The number of hydrogen-bond donors (Lipinski definition) is 0. The van der Waals surface area contributed by atoms with E-state index in [9.17, 15) is 0 Å². The zero-order valence-electron chi connectivity index (χ0n) is 33.5. The third kappa shape index (κ3) is 6.23. The molecule has 3 heterocycles. The predicted octanol–water partition coefficient (Wildman–Crippen LogP) is 14.9. The van der Waals surface area contributed by atoms with Crippen LogP contribution in [0.4, 0.5) is 0 Å². The van der Waals surface area contributed by atoms with Crippen LogP contribution < -0.4 is 0 Å². The molecule has 0 radical (unpaired) electrons. The zero-order valence-corrected chi connectivity index (χ0v) is 33.5. The Morgan fingerprint density at radius 3 is 1.39 bits per heavy atom. The second-order valence-corrected chi connectivity index (χ2v) is 15.6. The van der Waals surface area contributed by atoms with E-state index >= 15 is 0 Å². The first-order valence-electron chi connectivity index (χ1n) is 20.8. The molecular formula is C57H36N4O. The molecule has 0 aliphatic rings. The number of para-hydroxylation sites is 2. The molecule has 290 valence electrons. The summed E-state index contributed by atoms with van der Waals surface area (Å²) in [5, 5.41) is 4.54. The number of furan rings is 1. The highest BCUT2D eigenvalue weighted by molar-refractivity contribution is 6.11. The third-order valence-corrected chi connectivity index (χ3v) is 11.8. The fourth-order valence-corrected chi connectivity index (χ4v) is 8.80. The normalized spacial score (nSPS) is 11.5. The van der Waals surface area contributed by atoms with Crippen LogP contribution in [0.5, 0.6) is 0 Å². The van der Waals surface area contributed by atoms with Gasteiger partial charge in [-0.2, -0.15) is 0 Å². The van der Waals surface area contributed by atoms with Gasteiger partial charge in [0.25, 0.3) is 0 Å². The van der Waals surface area contributed by atoms with E-state index in [2.05, 4.69) is 211 Å². The summed E-state index contributed by atoms with van der Waals surface area (Å²) in [5.41, 5.74) is 14.5. The van der Waals surface area contributed by atoms with Gasteiger partial charge in [0.1, 0.15) is 11.2 Å². The number of rotatable bonds is 7. The Morgan fingerprint density at radius 2 is 0.742 bits per heavy atom. The predicted molar refractivity (Wildman–Crippen MR) is 254 cm³/mol. The number of hydrogen-bond acceptors (Lipinski definition) is 4. The Morgan fingerprint density at radius 1 is 0.274 bits per heavy atom. The minimum Gasteiger partial charge on any atom is -0.456 e. The van der Waals surface area contributed by atoms with E-state index in [0.717, 1.165) is 77.7 Å². The highest BCUT2D eigenvalue weighted by Gasteiger charge is 2.18. The lowest BCUT2D eigenvalue weighted by atomic mass is 10.0. The van der Waals surface area contributed by atoms with Crippen molar-refractivity contribution in [3.8, 4) is 73.2 Å². The molecule has 0 bridgehead atoms. The third-order valence-electron chi connectivity index (χ3n) is 11.8. The Hall–Kier alpha value is -8.41. The lowest BCUT2D eigenvalue weighted by Gasteiger charge is -2.10. The molecule has 0 aliphatic carbocycles. The van der Waals surface area contributed by atoms with Gasteiger partial charge in [0.05, 0.1) is 11.0 Å². The van der Waals surface area contributed by atoms with E-state index in [1.54, 1.807) is 0 Å². The number of aromatic nitrogens is 4. The summed E-state index contributed by atoms with van der Waals surface area (Å²) in [6, 6.07) is 76.3. The minimum absolute atomic E-state index is 0.575. The molecule has 3 aromatic heterocycles. The molecular weight excluding hydrogens is 757 g/mol. The van der Waals surface area contributed by atoms with Crippen molar-refractivity contribution >= 4 is 43.7 Å². The Labute approximate surface area is 357 Å². The maximum absolute atomic E-state index is 6.57. The van der Waals surface area contributed by atoms with Gasteiger partial charge in [-0.1, -0.05) is 152 Å². The first-order chi connectivity index (χ1) is 30.7. The highest BCUT2D eigenvalue weighted by atomic mass is 16.3. The highest BCUT2D eigenvalue weighted by Crippen LogP contribution is 2.38. The van der Waals surface area contributed by atoms with Gasteiger partial charge in [-0.15, -0.1) is 0 Å². The van der Waals surface area contributed by atoms with Crippen LogP contribution in [0.25, 0.3) is 117 Å². The smallest absolute Gasteiger partial charge is 0.164 e. The maximum atomic E-state index is 6.57. The molecule has 5 heteroatoms. The monoisotopic (exact) mass is 792 g/mol. The van der Waals surface area contributed by atoms with Crippen molar-refractivity contribution < 1.29 is 4.42 Å². The molecule has 5 nitrogen and oxygen atoms in total. The van der Waals surface area contributed by atoms with Gasteiger partial charge in [0.2, 0.25) is 0 Å². The van der Waals surface area contributed by atoms with Gasteiger partial charge >= 0.3 is 0 Å². The van der Waals surface area contributed by atoms with Gasteiger partial charge < -0.3 is 8.98 Å². The molecule has 0 aliphatic heterocycles. The van der Waals surface area contributed by atoms with E-state index in [0.29, 0.717) is 17.5 Å². The van der Waals surface area contributed by atoms with Crippen molar-refractivity contribution in [2.24, 2.45) is 0 Å².